The quantitative estimate of drug-likeness (QED) is 0.551. The van der Waals surface area contributed by atoms with Crippen LogP contribution < -0.4 is 0 Å². The Kier molecular flexibility index (Phi) is 6.40. The van der Waals surface area contributed by atoms with Gasteiger partial charge >= 0.3 is 0 Å². The summed E-state index contributed by atoms with van der Waals surface area (Å²) in [6.45, 7) is 0.389. The van der Waals surface area contributed by atoms with Gasteiger partial charge in [0.25, 0.3) is 0 Å². The molecule has 1 N–H and O–H groups in total. The lowest BCUT2D eigenvalue weighted by Crippen LogP contribution is -2.46. The number of benzene rings is 2. The van der Waals surface area contributed by atoms with Crippen molar-refractivity contribution >= 4 is 11.9 Å². The van der Waals surface area contributed by atoms with Gasteiger partial charge in [-0.3, -0.25) is 10.0 Å². The summed E-state index contributed by atoms with van der Waals surface area (Å²) >= 11 is 0. The molecular weight excluding hydrogens is 464 g/mol. The first-order valence-electron chi connectivity index (χ1n) is 11.5. The summed E-state index contributed by atoms with van der Waals surface area (Å²) in [5, 5.41) is 30.8. The van der Waals surface area contributed by atoms with Gasteiger partial charge in [0.2, 0.25) is 0 Å². The van der Waals surface area contributed by atoms with E-state index < -0.39 is 17.2 Å². The standard InChI is InChI=1S/C26H23F2N7O/c27-21-5-7-23(24(28)10-21)26(36,14-34-17-30-16-33-34)15-35-25-8-6-22(9-20(25)13-32-35)31-12-19-3-1-18(11-29)2-4-19/h1-8,10,13,16-17,20,25,36H,9,12,14-15H2. The third-order valence-electron chi connectivity index (χ3n) is 6.41. The lowest BCUT2D eigenvalue weighted by molar-refractivity contribution is -0.0264. The zero-order valence-corrected chi connectivity index (χ0v) is 19.2. The number of β-amino-alcohol motifs (C(OH)–C–C–N with tert-alkyl or cyclic N) is 1. The molecule has 0 saturated heterocycles. The maximum absolute atomic E-state index is 14.8. The Morgan fingerprint density at radius 1 is 1.17 bits per heavy atom. The van der Waals surface area contributed by atoms with Crippen LogP contribution >= 0.6 is 0 Å². The minimum Gasteiger partial charge on any atom is -0.381 e. The first kappa shape index (κ1) is 23.5. The Morgan fingerprint density at radius 2 is 2.00 bits per heavy atom. The summed E-state index contributed by atoms with van der Waals surface area (Å²) in [7, 11) is 0. The second-order valence-corrected chi connectivity index (χ2v) is 8.94. The van der Waals surface area contributed by atoms with E-state index >= 15 is 0 Å². The Balaban J connectivity index is 1.33. The van der Waals surface area contributed by atoms with E-state index in [9.17, 15) is 13.9 Å². The molecule has 0 radical (unpaired) electrons. The zero-order valence-electron chi connectivity index (χ0n) is 19.2. The summed E-state index contributed by atoms with van der Waals surface area (Å²) in [5.41, 5.74) is 0.769. The van der Waals surface area contributed by atoms with E-state index in [4.69, 9.17) is 10.3 Å². The van der Waals surface area contributed by atoms with E-state index in [-0.39, 0.29) is 30.6 Å². The number of hydrazone groups is 1. The molecule has 0 bridgehead atoms. The molecule has 1 aromatic heterocycles. The van der Waals surface area contributed by atoms with Crippen LogP contribution in [0.2, 0.25) is 0 Å². The minimum atomic E-state index is -1.74. The van der Waals surface area contributed by atoms with Crippen LogP contribution in [0.1, 0.15) is 23.1 Å². The molecule has 0 spiro atoms. The molecule has 8 nitrogen and oxygen atoms in total. The summed E-state index contributed by atoms with van der Waals surface area (Å²) in [6.07, 6.45) is 9.18. The number of nitriles is 1. The average molecular weight is 488 g/mol. The molecule has 182 valence electrons. The third-order valence-corrected chi connectivity index (χ3v) is 6.41. The molecule has 0 fully saturated rings. The highest BCUT2D eigenvalue weighted by Gasteiger charge is 2.40. The van der Waals surface area contributed by atoms with E-state index in [2.05, 4.69) is 21.3 Å². The van der Waals surface area contributed by atoms with Crippen LogP contribution in [-0.4, -0.2) is 49.4 Å². The molecule has 2 aliphatic rings. The van der Waals surface area contributed by atoms with Crippen molar-refractivity contribution in [1.29, 1.82) is 5.26 Å². The van der Waals surface area contributed by atoms with Gasteiger partial charge in [-0.1, -0.05) is 24.3 Å². The summed E-state index contributed by atoms with van der Waals surface area (Å²) in [4.78, 5) is 8.60. The molecule has 0 amide bonds. The number of aliphatic imine (C=N–C) groups is 1. The molecule has 3 atom stereocenters. The van der Waals surface area contributed by atoms with E-state index in [1.807, 2.05) is 30.5 Å². The molecule has 10 heteroatoms. The summed E-state index contributed by atoms with van der Waals surface area (Å²) in [6, 6.07) is 12.4. The topological polar surface area (TPSA) is 103 Å². The minimum absolute atomic E-state index is 0.0326. The Hall–Kier alpha value is -4.23. The normalized spacial score (nSPS) is 21.4. The van der Waals surface area contributed by atoms with Crippen LogP contribution in [-0.2, 0) is 18.7 Å². The Morgan fingerprint density at radius 3 is 2.72 bits per heavy atom. The smallest absolute Gasteiger partial charge is 0.137 e. The van der Waals surface area contributed by atoms with Gasteiger partial charge in [-0.25, -0.2) is 18.4 Å². The van der Waals surface area contributed by atoms with E-state index in [0.717, 1.165) is 23.4 Å². The van der Waals surface area contributed by atoms with Gasteiger partial charge in [-0.15, -0.1) is 0 Å². The van der Waals surface area contributed by atoms with Crippen LogP contribution in [0, 0.1) is 28.9 Å². The number of hydrogen-bond acceptors (Lipinski definition) is 7. The molecule has 2 heterocycles. The molecule has 3 aromatic rings. The fourth-order valence-electron chi connectivity index (χ4n) is 4.57. The summed E-state index contributed by atoms with van der Waals surface area (Å²) in [5.74, 6) is -1.51. The largest absolute Gasteiger partial charge is 0.381 e. The highest BCUT2D eigenvalue weighted by molar-refractivity contribution is 5.98. The second-order valence-electron chi connectivity index (χ2n) is 8.94. The van der Waals surface area contributed by atoms with E-state index in [1.165, 1.54) is 23.4 Å². The van der Waals surface area contributed by atoms with Gasteiger partial charge in [-0.05, 0) is 36.3 Å². The molecule has 5 rings (SSSR count). The Bertz CT molecular complexity index is 1360. The van der Waals surface area contributed by atoms with E-state index in [1.54, 1.807) is 17.1 Å². The van der Waals surface area contributed by atoms with Crippen molar-refractivity contribution in [3.05, 3.63) is 95.6 Å². The van der Waals surface area contributed by atoms with Crippen LogP contribution in [0.25, 0.3) is 0 Å². The fourth-order valence-corrected chi connectivity index (χ4v) is 4.57. The molecule has 3 unspecified atom stereocenters. The van der Waals surface area contributed by atoms with Gasteiger partial charge in [0, 0.05) is 29.5 Å². The number of allylic oxidation sites excluding steroid dienone is 1. The molecule has 1 aliphatic heterocycles. The van der Waals surface area contributed by atoms with E-state index in [0.29, 0.717) is 18.5 Å². The molecule has 0 saturated carbocycles. The first-order valence-corrected chi connectivity index (χ1v) is 11.5. The monoisotopic (exact) mass is 487 g/mol. The fraction of sp³-hybridized carbons (Fsp3) is 0.269. The number of rotatable bonds is 7. The number of halogens is 2. The maximum atomic E-state index is 14.8. The maximum Gasteiger partial charge on any atom is 0.137 e. The highest BCUT2D eigenvalue weighted by Crippen LogP contribution is 2.33. The zero-order chi connectivity index (χ0) is 25.1. The molecule has 36 heavy (non-hydrogen) atoms. The van der Waals surface area contributed by atoms with Gasteiger partial charge in [0.15, 0.2) is 0 Å². The van der Waals surface area contributed by atoms with Crippen molar-refractivity contribution in [3.8, 4) is 6.07 Å². The third kappa shape index (κ3) is 4.92. The van der Waals surface area contributed by atoms with Crippen molar-refractivity contribution in [3.63, 3.8) is 0 Å². The molecule has 2 aromatic carbocycles. The Labute approximate surface area is 206 Å². The first-order chi connectivity index (χ1) is 17.4. The number of hydrogen-bond donors (Lipinski definition) is 1. The number of fused-ring (bicyclic) bond motifs is 1. The van der Waals surface area contributed by atoms with Crippen molar-refractivity contribution in [2.75, 3.05) is 6.54 Å². The average Bonchev–Trinajstić information content (AvgIpc) is 3.52. The van der Waals surface area contributed by atoms with Crippen LogP contribution in [0.15, 0.2) is 77.4 Å². The predicted molar refractivity (Wildman–Crippen MR) is 129 cm³/mol. The number of nitrogens with zero attached hydrogens (tertiary/aromatic N) is 7. The number of aromatic nitrogens is 3. The van der Waals surface area contributed by atoms with Crippen molar-refractivity contribution in [1.82, 2.24) is 19.8 Å². The van der Waals surface area contributed by atoms with Crippen molar-refractivity contribution in [2.45, 2.75) is 31.2 Å². The highest BCUT2D eigenvalue weighted by atomic mass is 19.1. The van der Waals surface area contributed by atoms with Gasteiger partial charge in [-0.2, -0.15) is 15.5 Å². The van der Waals surface area contributed by atoms with Crippen molar-refractivity contribution in [2.24, 2.45) is 16.0 Å². The van der Waals surface area contributed by atoms with Gasteiger partial charge in [0.1, 0.15) is 29.9 Å². The van der Waals surface area contributed by atoms with Crippen LogP contribution in [0.4, 0.5) is 8.78 Å². The van der Waals surface area contributed by atoms with Crippen LogP contribution in [0.5, 0.6) is 0 Å². The SMILES string of the molecule is N#Cc1ccc(CN=C2C=CC3C(C=NN3CC(O)(Cn3cncn3)c3ccc(F)cc3F)C2)cc1. The predicted octanol–water partition coefficient (Wildman–Crippen LogP) is 3.20. The second kappa shape index (κ2) is 9.79. The van der Waals surface area contributed by atoms with Crippen LogP contribution in [0.3, 0.4) is 0 Å². The molecular formula is C26H23F2N7O. The lowest BCUT2D eigenvalue weighted by Gasteiger charge is -2.36. The lowest BCUT2D eigenvalue weighted by atomic mass is 9.88. The summed E-state index contributed by atoms with van der Waals surface area (Å²) < 4.78 is 29.7. The number of aliphatic hydroxyl groups is 1. The molecule has 1 aliphatic carbocycles. The van der Waals surface area contributed by atoms with Gasteiger partial charge < -0.3 is 5.11 Å². The van der Waals surface area contributed by atoms with Gasteiger partial charge in [0.05, 0.1) is 37.3 Å². The van der Waals surface area contributed by atoms with Crippen molar-refractivity contribution < 1.29 is 13.9 Å².